The van der Waals surface area contributed by atoms with E-state index in [1.807, 2.05) is 18.2 Å². The van der Waals surface area contributed by atoms with Gasteiger partial charge in [-0.1, -0.05) is 25.4 Å². The standard InChI is InChI=1S/C13H14ClNO/c1-9(2)8-16-10-3-4-11-12(14)5-6-15-13(11)7-10/h3-7,9H,8H2,1-2H3. The van der Waals surface area contributed by atoms with Crippen molar-refractivity contribution >= 4 is 22.5 Å². The van der Waals surface area contributed by atoms with Crippen LogP contribution in [0.25, 0.3) is 10.9 Å². The number of hydrogen-bond acceptors (Lipinski definition) is 2. The number of aromatic nitrogens is 1. The van der Waals surface area contributed by atoms with Crippen LogP contribution in [0.3, 0.4) is 0 Å². The number of pyridine rings is 1. The lowest BCUT2D eigenvalue weighted by molar-refractivity contribution is 0.271. The SMILES string of the molecule is CC(C)COc1ccc2c(Cl)ccnc2c1. The van der Waals surface area contributed by atoms with Crippen LogP contribution in [0.4, 0.5) is 0 Å². The van der Waals surface area contributed by atoms with Gasteiger partial charge in [0.1, 0.15) is 5.75 Å². The van der Waals surface area contributed by atoms with Gasteiger partial charge in [-0.3, -0.25) is 4.98 Å². The van der Waals surface area contributed by atoms with E-state index in [2.05, 4.69) is 18.8 Å². The maximum atomic E-state index is 6.06. The third kappa shape index (κ3) is 2.45. The molecule has 1 heterocycles. The first kappa shape index (κ1) is 11.2. The Morgan fingerprint density at radius 1 is 1.31 bits per heavy atom. The first-order valence-corrected chi connectivity index (χ1v) is 5.71. The van der Waals surface area contributed by atoms with Gasteiger partial charge >= 0.3 is 0 Å². The predicted octanol–water partition coefficient (Wildman–Crippen LogP) is 3.92. The molecule has 0 aliphatic carbocycles. The smallest absolute Gasteiger partial charge is 0.121 e. The molecular weight excluding hydrogens is 222 g/mol. The molecule has 0 radical (unpaired) electrons. The molecule has 0 bridgehead atoms. The molecule has 84 valence electrons. The Balaban J connectivity index is 2.30. The summed E-state index contributed by atoms with van der Waals surface area (Å²) >= 11 is 6.06. The van der Waals surface area contributed by atoms with Gasteiger partial charge in [0, 0.05) is 17.6 Å². The summed E-state index contributed by atoms with van der Waals surface area (Å²) in [6, 6.07) is 7.58. The molecule has 2 rings (SSSR count). The second-order valence-corrected chi connectivity index (χ2v) is 4.58. The number of ether oxygens (including phenoxy) is 1. The third-order valence-electron chi connectivity index (χ3n) is 2.24. The van der Waals surface area contributed by atoms with E-state index in [4.69, 9.17) is 16.3 Å². The Kier molecular flexibility index (Phi) is 3.30. The lowest BCUT2D eigenvalue weighted by atomic mass is 10.2. The Labute approximate surface area is 100 Å². The van der Waals surface area contributed by atoms with Crippen LogP contribution < -0.4 is 4.74 Å². The lowest BCUT2D eigenvalue weighted by Gasteiger charge is -2.09. The number of hydrogen-bond donors (Lipinski definition) is 0. The van der Waals surface area contributed by atoms with Crippen molar-refractivity contribution in [3.8, 4) is 5.75 Å². The molecule has 0 N–H and O–H groups in total. The zero-order valence-corrected chi connectivity index (χ0v) is 10.2. The molecule has 0 fully saturated rings. The summed E-state index contributed by atoms with van der Waals surface area (Å²) in [7, 11) is 0. The highest BCUT2D eigenvalue weighted by Crippen LogP contribution is 2.25. The van der Waals surface area contributed by atoms with Gasteiger partial charge in [0.25, 0.3) is 0 Å². The molecular formula is C13H14ClNO. The van der Waals surface area contributed by atoms with Gasteiger partial charge < -0.3 is 4.74 Å². The molecule has 0 saturated heterocycles. The van der Waals surface area contributed by atoms with Crippen LogP contribution in [0, 0.1) is 5.92 Å². The fraction of sp³-hybridized carbons (Fsp3) is 0.308. The van der Waals surface area contributed by atoms with E-state index in [0.29, 0.717) is 12.5 Å². The molecule has 16 heavy (non-hydrogen) atoms. The van der Waals surface area contributed by atoms with Crippen molar-refractivity contribution in [2.24, 2.45) is 5.92 Å². The van der Waals surface area contributed by atoms with E-state index >= 15 is 0 Å². The van der Waals surface area contributed by atoms with E-state index in [-0.39, 0.29) is 0 Å². The molecule has 0 saturated carbocycles. The largest absolute Gasteiger partial charge is 0.493 e. The van der Waals surface area contributed by atoms with Gasteiger partial charge in [0.2, 0.25) is 0 Å². The Morgan fingerprint density at radius 2 is 2.12 bits per heavy atom. The Bertz CT molecular complexity index is 496. The van der Waals surface area contributed by atoms with Gasteiger partial charge in [0.15, 0.2) is 0 Å². The highest BCUT2D eigenvalue weighted by molar-refractivity contribution is 6.35. The first-order valence-electron chi connectivity index (χ1n) is 5.34. The summed E-state index contributed by atoms with van der Waals surface area (Å²) in [6.07, 6.45) is 1.71. The topological polar surface area (TPSA) is 22.1 Å². The average molecular weight is 236 g/mol. The molecule has 0 amide bonds. The summed E-state index contributed by atoms with van der Waals surface area (Å²) in [6.45, 7) is 4.96. The molecule has 0 atom stereocenters. The number of benzene rings is 1. The molecule has 1 aromatic carbocycles. The molecule has 0 aliphatic heterocycles. The molecule has 2 aromatic rings. The van der Waals surface area contributed by atoms with Crippen LogP contribution in [-0.2, 0) is 0 Å². The van der Waals surface area contributed by atoms with Crippen molar-refractivity contribution in [1.82, 2.24) is 4.98 Å². The van der Waals surface area contributed by atoms with Crippen LogP contribution >= 0.6 is 11.6 Å². The van der Waals surface area contributed by atoms with Gasteiger partial charge in [-0.25, -0.2) is 0 Å². The highest BCUT2D eigenvalue weighted by Gasteiger charge is 2.02. The van der Waals surface area contributed by atoms with Crippen molar-refractivity contribution in [2.75, 3.05) is 6.61 Å². The zero-order chi connectivity index (χ0) is 11.5. The van der Waals surface area contributed by atoms with E-state index in [1.165, 1.54) is 0 Å². The maximum Gasteiger partial charge on any atom is 0.121 e. The van der Waals surface area contributed by atoms with Gasteiger partial charge in [-0.15, -0.1) is 0 Å². The maximum absolute atomic E-state index is 6.06. The summed E-state index contributed by atoms with van der Waals surface area (Å²) in [5, 5.41) is 1.68. The Hall–Kier alpha value is -1.28. The molecule has 0 spiro atoms. The number of halogens is 1. The van der Waals surface area contributed by atoms with Crippen molar-refractivity contribution in [3.05, 3.63) is 35.5 Å². The lowest BCUT2D eigenvalue weighted by Crippen LogP contribution is -2.04. The molecule has 0 aliphatic rings. The summed E-state index contributed by atoms with van der Waals surface area (Å²) < 4.78 is 5.63. The minimum Gasteiger partial charge on any atom is -0.493 e. The van der Waals surface area contributed by atoms with E-state index in [0.717, 1.165) is 21.7 Å². The fourth-order valence-electron chi connectivity index (χ4n) is 1.45. The first-order chi connectivity index (χ1) is 7.66. The second-order valence-electron chi connectivity index (χ2n) is 4.18. The molecule has 2 nitrogen and oxygen atoms in total. The van der Waals surface area contributed by atoms with Crippen LogP contribution in [0.1, 0.15) is 13.8 Å². The predicted molar refractivity (Wildman–Crippen MR) is 67.1 cm³/mol. The normalized spacial score (nSPS) is 11.0. The second kappa shape index (κ2) is 4.71. The summed E-state index contributed by atoms with van der Waals surface area (Å²) in [4.78, 5) is 4.27. The molecule has 3 heteroatoms. The average Bonchev–Trinajstić information content (AvgIpc) is 2.26. The van der Waals surface area contributed by atoms with Gasteiger partial charge in [-0.05, 0) is 24.1 Å². The van der Waals surface area contributed by atoms with Crippen molar-refractivity contribution in [3.63, 3.8) is 0 Å². The van der Waals surface area contributed by atoms with Gasteiger partial charge in [-0.2, -0.15) is 0 Å². The van der Waals surface area contributed by atoms with Gasteiger partial charge in [0.05, 0.1) is 17.1 Å². The quantitative estimate of drug-likeness (QED) is 0.805. The number of fused-ring (bicyclic) bond motifs is 1. The molecule has 1 aromatic heterocycles. The minimum absolute atomic E-state index is 0.517. The third-order valence-corrected chi connectivity index (χ3v) is 2.57. The van der Waals surface area contributed by atoms with Crippen LogP contribution in [0.5, 0.6) is 5.75 Å². The summed E-state index contributed by atoms with van der Waals surface area (Å²) in [5.41, 5.74) is 0.869. The van der Waals surface area contributed by atoms with E-state index in [9.17, 15) is 0 Å². The fourth-order valence-corrected chi connectivity index (χ4v) is 1.66. The number of nitrogens with zero attached hydrogens (tertiary/aromatic N) is 1. The van der Waals surface area contributed by atoms with Crippen LogP contribution in [-0.4, -0.2) is 11.6 Å². The van der Waals surface area contributed by atoms with Crippen molar-refractivity contribution in [1.29, 1.82) is 0 Å². The van der Waals surface area contributed by atoms with Crippen molar-refractivity contribution in [2.45, 2.75) is 13.8 Å². The summed E-state index contributed by atoms with van der Waals surface area (Å²) in [5.74, 6) is 1.36. The molecule has 0 unspecified atom stereocenters. The Morgan fingerprint density at radius 3 is 2.88 bits per heavy atom. The van der Waals surface area contributed by atoms with Crippen LogP contribution in [0.15, 0.2) is 30.5 Å². The van der Waals surface area contributed by atoms with Crippen LogP contribution in [0.2, 0.25) is 5.02 Å². The monoisotopic (exact) mass is 235 g/mol. The van der Waals surface area contributed by atoms with Crippen molar-refractivity contribution < 1.29 is 4.74 Å². The highest BCUT2D eigenvalue weighted by atomic mass is 35.5. The zero-order valence-electron chi connectivity index (χ0n) is 9.40. The van der Waals surface area contributed by atoms with E-state index in [1.54, 1.807) is 12.3 Å². The minimum atomic E-state index is 0.517. The van der Waals surface area contributed by atoms with E-state index < -0.39 is 0 Å². The number of rotatable bonds is 3.